The first-order chi connectivity index (χ1) is 9.79. The minimum atomic E-state index is 0.415. The number of nitrogens with zero attached hydrogens (tertiary/aromatic N) is 1. The molecule has 108 valence electrons. The highest BCUT2D eigenvalue weighted by atomic mass is 79.9. The van der Waals surface area contributed by atoms with Gasteiger partial charge in [-0.05, 0) is 50.6 Å². The van der Waals surface area contributed by atoms with Crippen LogP contribution in [0.2, 0.25) is 0 Å². The first-order valence-electron chi connectivity index (χ1n) is 7.05. The third kappa shape index (κ3) is 4.78. The number of hydrogen-bond acceptors (Lipinski definition) is 4. The monoisotopic (exact) mass is 337 g/mol. The zero-order valence-electron chi connectivity index (χ0n) is 11.5. The van der Waals surface area contributed by atoms with Gasteiger partial charge in [0.05, 0.1) is 17.4 Å². The molecule has 0 aliphatic carbocycles. The Bertz CT molecular complexity index is 467. The number of hydrogen-bond donors (Lipinski definition) is 2. The second kappa shape index (κ2) is 8.25. The normalized spacial score (nSPS) is 15.8. The van der Waals surface area contributed by atoms with E-state index < -0.39 is 0 Å². The number of nitriles is 1. The van der Waals surface area contributed by atoms with E-state index in [1.54, 1.807) is 0 Å². The highest BCUT2D eigenvalue weighted by Gasteiger charge is 2.12. The zero-order valence-corrected chi connectivity index (χ0v) is 13.1. The largest absolute Gasteiger partial charge is 0.384 e. The van der Waals surface area contributed by atoms with Crippen LogP contribution in [0.15, 0.2) is 22.7 Å². The van der Waals surface area contributed by atoms with Gasteiger partial charge in [-0.15, -0.1) is 0 Å². The molecule has 1 aliphatic rings. The quantitative estimate of drug-likeness (QED) is 0.783. The fraction of sp³-hybridized carbons (Fsp3) is 0.533. The van der Waals surface area contributed by atoms with Gasteiger partial charge in [0, 0.05) is 17.6 Å². The summed E-state index contributed by atoms with van der Waals surface area (Å²) in [6.07, 6.45) is 3.58. The van der Waals surface area contributed by atoms with E-state index in [-0.39, 0.29) is 0 Å². The van der Waals surface area contributed by atoms with E-state index in [1.807, 2.05) is 18.2 Å². The molecule has 0 atom stereocenters. The molecule has 1 fully saturated rings. The van der Waals surface area contributed by atoms with Crippen molar-refractivity contribution >= 4 is 21.6 Å². The molecule has 20 heavy (non-hydrogen) atoms. The Morgan fingerprint density at radius 1 is 1.40 bits per heavy atom. The maximum absolute atomic E-state index is 9.07. The van der Waals surface area contributed by atoms with Gasteiger partial charge in [-0.2, -0.15) is 5.26 Å². The van der Waals surface area contributed by atoms with Crippen molar-refractivity contribution in [3.8, 4) is 6.07 Å². The van der Waals surface area contributed by atoms with Crippen LogP contribution in [-0.2, 0) is 4.74 Å². The fourth-order valence-corrected chi connectivity index (χ4v) is 2.63. The van der Waals surface area contributed by atoms with Crippen molar-refractivity contribution < 1.29 is 4.74 Å². The smallest absolute Gasteiger partial charge is 0.101 e. The summed E-state index contributed by atoms with van der Waals surface area (Å²) in [5, 5.41) is 15.7. The van der Waals surface area contributed by atoms with E-state index in [1.165, 1.54) is 0 Å². The van der Waals surface area contributed by atoms with Gasteiger partial charge in [0.15, 0.2) is 0 Å². The Balaban J connectivity index is 1.67. The molecule has 1 saturated heterocycles. The van der Waals surface area contributed by atoms with Gasteiger partial charge in [0.25, 0.3) is 0 Å². The Morgan fingerprint density at radius 2 is 2.20 bits per heavy atom. The van der Waals surface area contributed by atoms with Crippen LogP contribution < -0.4 is 10.6 Å². The predicted molar refractivity (Wildman–Crippen MR) is 83.8 cm³/mol. The summed E-state index contributed by atoms with van der Waals surface area (Å²) < 4.78 is 6.77. The number of anilines is 1. The fourth-order valence-electron chi connectivity index (χ4n) is 2.27. The summed E-state index contributed by atoms with van der Waals surface area (Å²) in [7, 11) is 0. The molecule has 0 spiro atoms. The number of piperidine rings is 1. The van der Waals surface area contributed by atoms with E-state index in [0.29, 0.717) is 11.7 Å². The summed E-state index contributed by atoms with van der Waals surface area (Å²) >= 11 is 3.37. The van der Waals surface area contributed by atoms with Crippen molar-refractivity contribution in [1.29, 1.82) is 5.26 Å². The standard InChI is InChI=1S/C15H20BrN3O/c16-13-2-3-15(12(10-13)11-17)19-6-1-9-20-14-4-7-18-8-5-14/h2-3,10,14,18-19H,1,4-9H2. The Morgan fingerprint density at radius 3 is 2.95 bits per heavy atom. The van der Waals surface area contributed by atoms with E-state index >= 15 is 0 Å². The van der Waals surface area contributed by atoms with Crippen LogP contribution in [-0.4, -0.2) is 32.3 Å². The second-order valence-corrected chi connectivity index (χ2v) is 5.82. The van der Waals surface area contributed by atoms with Crippen molar-refractivity contribution in [1.82, 2.24) is 5.32 Å². The second-order valence-electron chi connectivity index (χ2n) is 4.90. The van der Waals surface area contributed by atoms with Gasteiger partial charge in [-0.3, -0.25) is 0 Å². The van der Waals surface area contributed by atoms with Crippen LogP contribution in [0.4, 0.5) is 5.69 Å². The number of ether oxygens (including phenoxy) is 1. The molecule has 0 bridgehead atoms. The predicted octanol–water partition coefficient (Wildman–Crippen LogP) is 2.89. The van der Waals surface area contributed by atoms with Crippen molar-refractivity contribution in [2.75, 3.05) is 31.6 Å². The SMILES string of the molecule is N#Cc1cc(Br)ccc1NCCCOC1CCNCC1. The molecule has 2 N–H and O–H groups in total. The van der Waals surface area contributed by atoms with E-state index in [9.17, 15) is 0 Å². The van der Waals surface area contributed by atoms with Crippen LogP contribution in [0, 0.1) is 11.3 Å². The average molecular weight is 338 g/mol. The number of rotatable bonds is 6. The van der Waals surface area contributed by atoms with Crippen LogP contribution in [0.25, 0.3) is 0 Å². The maximum Gasteiger partial charge on any atom is 0.101 e. The third-order valence-electron chi connectivity index (χ3n) is 3.38. The minimum absolute atomic E-state index is 0.415. The number of benzene rings is 1. The zero-order chi connectivity index (χ0) is 14.2. The van der Waals surface area contributed by atoms with Gasteiger partial charge in [-0.1, -0.05) is 15.9 Å². The lowest BCUT2D eigenvalue weighted by Gasteiger charge is -2.23. The molecule has 0 unspecified atom stereocenters. The molecule has 0 aromatic heterocycles. The van der Waals surface area contributed by atoms with Gasteiger partial charge in [-0.25, -0.2) is 0 Å². The first-order valence-corrected chi connectivity index (χ1v) is 7.85. The Kier molecular flexibility index (Phi) is 6.31. The summed E-state index contributed by atoms with van der Waals surface area (Å²) in [4.78, 5) is 0. The van der Waals surface area contributed by atoms with Crippen molar-refractivity contribution in [3.05, 3.63) is 28.2 Å². The summed E-state index contributed by atoms with van der Waals surface area (Å²) in [5.74, 6) is 0. The van der Waals surface area contributed by atoms with Crippen molar-refractivity contribution in [2.45, 2.75) is 25.4 Å². The molecule has 0 saturated carbocycles. The van der Waals surface area contributed by atoms with Gasteiger partial charge < -0.3 is 15.4 Å². The highest BCUT2D eigenvalue weighted by molar-refractivity contribution is 9.10. The Labute approximate surface area is 128 Å². The Hall–Kier alpha value is -1.09. The van der Waals surface area contributed by atoms with Gasteiger partial charge in [0.2, 0.25) is 0 Å². The van der Waals surface area contributed by atoms with Crippen LogP contribution in [0.3, 0.4) is 0 Å². The van der Waals surface area contributed by atoms with Crippen LogP contribution in [0.1, 0.15) is 24.8 Å². The number of nitrogens with one attached hydrogen (secondary N) is 2. The lowest BCUT2D eigenvalue weighted by Crippen LogP contribution is -2.32. The third-order valence-corrected chi connectivity index (χ3v) is 3.87. The van der Waals surface area contributed by atoms with Crippen LogP contribution in [0.5, 0.6) is 0 Å². The molecule has 5 heteroatoms. The highest BCUT2D eigenvalue weighted by Crippen LogP contribution is 2.20. The summed E-state index contributed by atoms with van der Waals surface area (Å²) in [6, 6.07) is 7.89. The van der Waals surface area contributed by atoms with Gasteiger partial charge >= 0.3 is 0 Å². The lowest BCUT2D eigenvalue weighted by molar-refractivity contribution is 0.0329. The van der Waals surface area contributed by atoms with Crippen LogP contribution >= 0.6 is 15.9 Å². The average Bonchev–Trinajstić information content (AvgIpc) is 2.49. The summed E-state index contributed by atoms with van der Waals surface area (Å²) in [5.41, 5.74) is 1.55. The molecule has 2 rings (SSSR count). The van der Waals surface area contributed by atoms with E-state index in [4.69, 9.17) is 10.00 Å². The van der Waals surface area contributed by atoms with Crippen molar-refractivity contribution in [2.24, 2.45) is 0 Å². The summed E-state index contributed by atoms with van der Waals surface area (Å²) in [6.45, 7) is 3.72. The minimum Gasteiger partial charge on any atom is -0.384 e. The molecule has 4 nitrogen and oxygen atoms in total. The lowest BCUT2D eigenvalue weighted by atomic mass is 10.1. The van der Waals surface area contributed by atoms with E-state index in [2.05, 4.69) is 32.6 Å². The van der Waals surface area contributed by atoms with Gasteiger partial charge in [0.1, 0.15) is 6.07 Å². The molecule has 0 radical (unpaired) electrons. The maximum atomic E-state index is 9.07. The topological polar surface area (TPSA) is 57.1 Å². The molecule has 1 aromatic rings. The molecule has 1 heterocycles. The molecule has 1 aliphatic heterocycles. The molecular formula is C15H20BrN3O. The number of halogens is 1. The van der Waals surface area contributed by atoms with Crippen molar-refractivity contribution in [3.63, 3.8) is 0 Å². The molecular weight excluding hydrogens is 318 g/mol. The van der Waals surface area contributed by atoms with E-state index in [0.717, 1.165) is 55.7 Å². The first kappa shape index (κ1) is 15.3. The molecule has 0 amide bonds. The molecule has 1 aromatic carbocycles.